The van der Waals surface area contributed by atoms with E-state index in [4.69, 9.17) is 31.7 Å². The van der Waals surface area contributed by atoms with Crippen molar-refractivity contribution >= 4 is 71.8 Å². The predicted octanol–water partition coefficient (Wildman–Crippen LogP) is 0.397. The van der Waals surface area contributed by atoms with E-state index in [1.165, 1.54) is 66.7 Å². The summed E-state index contributed by atoms with van der Waals surface area (Å²) in [4.78, 5) is 19.4. The first-order valence-corrected chi connectivity index (χ1v) is 20.9. The summed E-state index contributed by atoms with van der Waals surface area (Å²) in [5.41, 5.74) is 11.4. The molecule has 0 spiro atoms. The van der Waals surface area contributed by atoms with Crippen molar-refractivity contribution in [3.63, 3.8) is 0 Å². The van der Waals surface area contributed by atoms with Crippen molar-refractivity contribution in [1.82, 2.24) is 5.32 Å². The molecule has 0 aliphatic carbocycles. The van der Waals surface area contributed by atoms with Crippen molar-refractivity contribution in [2.24, 2.45) is 10.8 Å². The number of carboxylic acids is 1. The average Bonchev–Trinajstić information content (AvgIpc) is 3.13. The van der Waals surface area contributed by atoms with Gasteiger partial charge in [0.2, 0.25) is 5.91 Å². The number of carbonyl (C=O) groups excluding carboxylic acids is 1. The van der Waals surface area contributed by atoms with Crippen LogP contribution in [0.4, 0.5) is 5.69 Å². The Balaban J connectivity index is 0.000000516. The third-order valence-corrected chi connectivity index (χ3v) is 12.1. The molecule has 0 saturated carbocycles. The molecule has 0 saturated heterocycles. The van der Waals surface area contributed by atoms with Crippen LogP contribution in [0.5, 0.6) is 0 Å². The van der Waals surface area contributed by atoms with Crippen LogP contribution in [0.2, 0.25) is 0 Å². The van der Waals surface area contributed by atoms with Gasteiger partial charge in [0.05, 0.1) is 52.2 Å². The van der Waals surface area contributed by atoms with Gasteiger partial charge in [-0.2, -0.15) is 30.4 Å². The minimum absolute atomic E-state index is 0. The molecular weight excluding hydrogens is 906 g/mol. The molecule has 24 heteroatoms. The van der Waals surface area contributed by atoms with Crippen molar-refractivity contribution in [3.8, 4) is 0 Å². The minimum atomic E-state index is -4.55. The smallest absolute Gasteiger partial charge is 0.481 e. The zero-order chi connectivity index (χ0) is 41.6. The van der Waals surface area contributed by atoms with E-state index >= 15 is 0 Å². The molecule has 0 unspecified atom stereocenters. The van der Waals surface area contributed by atoms with Gasteiger partial charge in [-0.1, -0.05) is 36.4 Å². The fourth-order valence-corrected chi connectivity index (χ4v) is 8.49. The normalized spacial score (nSPS) is 11.6. The molecule has 1 amide bonds. The molecule has 0 fully saturated rings. The van der Waals surface area contributed by atoms with Crippen LogP contribution in [0, 0.1) is 5.53 Å². The maximum atomic E-state index is 11.6. The molecule has 0 aliphatic rings. The molecule has 19 nitrogen and oxygen atoms in total. The zero-order valence-corrected chi connectivity index (χ0v) is 33.9. The largest absolute Gasteiger partial charge is 5.00 e. The maximum Gasteiger partial charge on any atom is 5.00 e. The van der Waals surface area contributed by atoms with Gasteiger partial charge >= 0.3 is 26.1 Å². The number of benzene rings is 4. The molecule has 11 N–H and O–H groups in total. The molecule has 0 radical (unpaired) electrons. The summed E-state index contributed by atoms with van der Waals surface area (Å²) in [6.45, 7) is -1.24. The Morgan fingerprint density at radius 3 is 1.30 bits per heavy atom. The fraction of sp³-hybridized carbons (Fsp3) is 0.188. The van der Waals surface area contributed by atoms with Gasteiger partial charge in [0.25, 0.3) is 30.4 Å². The van der Waals surface area contributed by atoms with E-state index in [9.17, 15) is 48.5 Å². The Morgan fingerprint density at radius 2 is 1.04 bits per heavy atom. The van der Waals surface area contributed by atoms with Crippen molar-refractivity contribution in [3.05, 3.63) is 103 Å². The molecular formula is C32H37N4O15PS3Tc+5. The second-order valence-electron chi connectivity index (χ2n) is 11.1. The van der Waals surface area contributed by atoms with E-state index in [-0.39, 0.29) is 33.1 Å². The number of aliphatic hydroxyl groups is 3. The number of hydrogen-bond acceptors (Lipinski definition) is 14. The molecule has 0 heterocycles. The van der Waals surface area contributed by atoms with Gasteiger partial charge in [-0.05, 0) is 84.5 Å². The first kappa shape index (κ1) is 50.1. The average molecular weight is 943 g/mol. The summed E-state index contributed by atoms with van der Waals surface area (Å²) in [7, 11) is -15.4. The van der Waals surface area contributed by atoms with Gasteiger partial charge < -0.3 is 31.5 Å². The number of carboxylic acid groups (broad SMARTS) is 1. The number of carbonyl (C=O) groups is 2. The summed E-state index contributed by atoms with van der Waals surface area (Å²) < 4.78 is 97.7. The van der Waals surface area contributed by atoms with E-state index < -0.39 is 90.2 Å². The number of hydrogen-bond donors (Lipinski definition) is 10. The summed E-state index contributed by atoms with van der Waals surface area (Å²) in [6.07, 6.45) is -0.123. The van der Waals surface area contributed by atoms with Gasteiger partial charge in [-0.15, -0.1) is 0 Å². The predicted molar refractivity (Wildman–Crippen MR) is 199 cm³/mol. The topological polar surface area (TPSA) is 352 Å². The van der Waals surface area contributed by atoms with Crippen LogP contribution in [0.1, 0.15) is 16.8 Å². The van der Waals surface area contributed by atoms with Gasteiger partial charge in [0.15, 0.2) is 0 Å². The van der Waals surface area contributed by atoms with Crippen LogP contribution in [0.3, 0.4) is 0 Å². The third-order valence-electron chi connectivity index (χ3n) is 7.15. The number of amides is 1. The Morgan fingerprint density at radius 1 is 0.679 bits per heavy atom. The molecule has 300 valence electrons. The Hall–Kier alpha value is -3.93. The van der Waals surface area contributed by atoms with E-state index in [1.807, 2.05) is 0 Å². The number of nitrogens with one attached hydrogen (secondary N) is 2. The van der Waals surface area contributed by atoms with Crippen molar-refractivity contribution in [1.29, 1.82) is 5.53 Å². The number of nitrogens with zero attached hydrogens (tertiary/aromatic N) is 1. The first-order chi connectivity index (χ1) is 25.6. The van der Waals surface area contributed by atoms with Crippen LogP contribution >= 0.6 is 7.92 Å². The van der Waals surface area contributed by atoms with Gasteiger partial charge in [-0.25, -0.2) is 5.53 Å². The molecule has 0 bridgehead atoms. The maximum absolute atomic E-state index is 11.6. The number of rotatable bonds is 15. The molecule has 0 aromatic heterocycles. The Labute approximate surface area is 336 Å². The zero-order valence-electron chi connectivity index (χ0n) is 28.7. The molecule has 4 aromatic carbocycles. The van der Waals surface area contributed by atoms with E-state index in [0.717, 1.165) is 18.2 Å². The quantitative estimate of drug-likeness (QED) is 0.0438. The summed E-state index contributed by atoms with van der Waals surface area (Å²) >= 11 is 0. The van der Waals surface area contributed by atoms with Crippen LogP contribution < -0.4 is 27.0 Å². The van der Waals surface area contributed by atoms with Crippen LogP contribution in [0.25, 0.3) is 0 Å². The van der Waals surface area contributed by atoms with E-state index in [2.05, 4.69) is 10.4 Å². The Kier molecular flexibility index (Phi) is 19.8. The second kappa shape index (κ2) is 22.1. The molecule has 4 aromatic rings. The van der Waals surface area contributed by atoms with Gasteiger partial charge in [0, 0.05) is 12.1 Å². The monoisotopic (exact) mass is 941 g/mol. The summed E-state index contributed by atoms with van der Waals surface area (Å²) in [5, 5.41) is 41.5. The van der Waals surface area contributed by atoms with Crippen molar-refractivity contribution in [2.45, 2.75) is 26.6 Å². The fourth-order valence-electron chi connectivity index (χ4n) is 4.25. The van der Waals surface area contributed by atoms with E-state index in [1.54, 1.807) is 12.1 Å². The second-order valence-corrected chi connectivity index (χ2v) is 17.6. The molecule has 4 rings (SSSR count). The number of primary amides is 1. The molecule has 56 heavy (non-hydrogen) atoms. The molecule has 0 atom stereocenters. The third kappa shape index (κ3) is 15.5. The minimum Gasteiger partial charge on any atom is -0.481 e. The van der Waals surface area contributed by atoms with Gasteiger partial charge in [0.1, 0.15) is 0 Å². The van der Waals surface area contributed by atoms with E-state index in [0.29, 0.717) is 27.2 Å². The number of aliphatic hydroxyl groups excluding tert-OH is 3. The van der Waals surface area contributed by atoms with Crippen LogP contribution in [-0.2, 0) is 55.3 Å². The summed E-state index contributed by atoms with van der Waals surface area (Å²) in [6, 6.07) is 21.9. The summed E-state index contributed by atoms with van der Waals surface area (Å²) in [5.74, 6) is -1.45. The first-order valence-electron chi connectivity index (χ1n) is 15.2. The SMILES string of the molecule is N=Nc1ccc(C(N)=O)cc1.O=C(O)CCNC(CO)(CO)CO.O=S(=O)(O)c1cccc(P(c2cccc(S(=O)(=O)O)c2)c2cccc(S(=O)(=O)O)c2)c1.[Tc+5]. The van der Waals surface area contributed by atoms with Crippen molar-refractivity contribution < 1.29 is 89.0 Å². The standard InChI is InChI=1S/C18H15O9PS3.C7H7N3O.C7H15NO5.Tc/c19-29(20,21)16-7-1-4-13(10-16)28(14-5-2-8-17(11-14)30(22,23)24)15-6-3-9-18(12-15)31(25,26)27;8-7(11)5-1-3-6(10-9)4-2-5;9-3-7(4-10,5-11)8-2-1-6(12)13;/h1-12H,(H,19,20,21)(H,22,23,24)(H,25,26,27);1-4,9H,(H2,8,11);8-11H,1-5H2,(H,12,13);/q;;;+5. The van der Waals surface area contributed by atoms with Crippen molar-refractivity contribution in [2.75, 3.05) is 26.4 Å². The van der Waals surface area contributed by atoms with Crippen LogP contribution in [-0.4, -0.2) is 103 Å². The van der Waals surface area contributed by atoms with Gasteiger partial charge in [-0.3, -0.25) is 23.2 Å². The Bertz CT molecular complexity index is 2110. The van der Waals surface area contributed by atoms with Crippen LogP contribution in [0.15, 0.2) is 117 Å². The molecule has 0 aliphatic heterocycles. The number of nitrogens with two attached hydrogens (primary N) is 1. The number of aliphatic carboxylic acids is 1.